The number of piperidine rings is 1. The average molecular weight is 324 g/mol. The summed E-state index contributed by atoms with van der Waals surface area (Å²) in [7, 11) is 0. The van der Waals surface area contributed by atoms with Crippen molar-refractivity contribution in [2.75, 3.05) is 39.5 Å². The number of carbonyl (C=O) groups is 1. The van der Waals surface area contributed by atoms with Crippen LogP contribution in [0.5, 0.6) is 0 Å². The number of primary amides is 1. The van der Waals surface area contributed by atoms with Crippen LogP contribution in [0.4, 0.5) is 13.2 Å². The van der Waals surface area contributed by atoms with E-state index in [-0.39, 0.29) is 24.5 Å². The van der Waals surface area contributed by atoms with E-state index in [9.17, 15) is 18.0 Å². The number of nitrogens with two attached hydrogens (primary N) is 1. The highest BCUT2D eigenvalue weighted by Crippen LogP contribution is 2.32. The van der Waals surface area contributed by atoms with Crippen LogP contribution in [0.2, 0.25) is 0 Å². The molecule has 128 valence electrons. The smallest absolute Gasteiger partial charge is 0.377 e. The predicted octanol–water partition coefficient (Wildman–Crippen LogP) is 1.17. The monoisotopic (exact) mass is 324 g/mol. The molecule has 5 nitrogen and oxygen atoms in total. The summed E-state index contributed by atoms with van der Waals surface area (Å²) < 4.78 is 46.2. The van der Waals surface area contributed by atoms with Crippen molar-refractivity contribution in [1.29, 1.82) is 0 Å². The molecule has 2 aliphatic heterocycles. The summed E-state index contributed by atoms with van der Waals surface area (Å²) in [6.45, 7) is 1.52. The Balaban J connectivity index is 1.66. The molecule has 0 aromatic carbocycles. The van der Waals surface area contributed by atoms with Gasteiger partial charge in [-0.05, 0) is 38.3 Å². The fourth-order valence-corrected chi connectivity index (χ4v) is 3.27. The molecule has 2 heterocycles. The Morgan fingerprint density at radius 1 is 1.27 bits per heavy atom. The minimum Gasteiger partial charge on any atom is -0.377 e. The van der Waals surface area contributed by atoms with Crippen molar-refractivity contribution in [2.45, 2.75) is 31.5 Å². The van der Waals surface area contributed by atoms with E-state index in [0.717, 1.165) is 25.9 Å². The molecular weight excluding hydrogens is 301 g/mol. The maximum absolute atomic E-state index is 12.0. The number of likely N-dealkylation sites (tertiary alicyclic amines) is 1. The van der Waals surface area contributed by atoms with Gasteiger partial charge in [0.2, 0.25) is 5.91 Å². The van der Waals surface area contributed by atoms with Crippen LogP contribution in [0.1, 0.15) is 19.3 Å². The number of alkyl halides is 3. The normalized spacial score (nSPS) is 28.1. The Kier molecular flexibility index (Phi) is 6.05. The van der Waals surface area contributed by atoms with E-state index >= 15 is 0 Å². The lowest BCUT2D eigenvalue weighted by Gasteiger charge is -2.35. The minimum absolute atomic E-state index is 0.0774. The molecule has 1 amide bonds. The molecule has 0 unspecified atom stereocenters. The highest BCUT2D eigenvalue weighted by molar-refractivity contribution is 5.77. The average Bonchev–Trinajstić information content (AvgIpc) is 2.93. The number of halogens is 3. The van der Waals surface area contributed by atoms with E-state index in [2.05, 4.69) is 9.64 Å². The highest BCUT2D eigenvalue weighted by Gasteiger charge is 2.39. The van der Waals surface area contributed by atoms with Gasteiger partial charge in [0.15, 0.2) is 0 Å². The maximum Gasteiger partial charge on any atom is 0.411 e. The third kappa shape index (κ3) is 5.10. The Bertz CT molecular complexity index is 371. The fourth-order valence-electron chi connectivity index (χ4n) is 3.27. The maximum atomic E-state index is 12.0. The van der Waals surface area contributed by atoms with Crippen LogP contribution in [0.15, 0.2) is 0 Å². The van der Waals surface area contributed by atoms with Crippen molar-refractivity contribution in [2.24, 2.45) is 17.6 Å². The van der Waals surface area contributed by atoms with Gasteiger partial charge in [0.05, 0.1) is 18.6 Å². The zero-order chi connectivity index (χ0) is 16.2. The highest BCUT2D eigenvalue weighted by atomic mass is 19.4. The van der Waals surface area contributed by atoms with Gasteiger partial charge in [-0.3, -0.25) is 4.79 Å². The summed E-state index contributed by atoms with van der Waals surface area (Å²) in [4.78, 5) is 13.5. The Morgan fingerprint density at radius 3 is 2.55 bits per heavy atom. The Labute approximate surface area is 127 Å². The third-order valence-electron chi connectivity index (χ3n) is 4.42. The summed E-state index contributed by atoms with van der Waals surface area (Å²) in [5, 5.41) is 0. The van der Waals surface area contributed by atoms with Crippen LogP contribution < -0.4 is 5.73 Å². The summed E-state index contributed by atoms with van der Waals surface area (Å²) in [6, 6.07) is 0. The first kappa shape index (κ1) is 17.5. The van der Waals surface area contributed by atoms with Gasteiger partial charge < -0.3 is 20.1 Å². The standard InChI is InChI=1S/C14H23F3N2O3/c15-14(16,17)9-21-8-6-19-4-1-10(2-5-19)12-11(13(18)20)3-7-22-12/h10-12H,1-9H2,(H2,18,20)/t11-,12+/m0/s1. The molecule has 0 aromatic rings. The summed E-state index contributed by atoms with van der Waals surface area (Å²) >= 11 is 0. The van der Waals surface area contributed by atoms with E-state index in [0.29, 0.717) is 25.5 Å². The molecule has 2 N–H and O–H groups in total. The van der Waals surface area contributed by atoms with Crippen molar-refractivity contribution in [3.63, 3.8) is 0 Å². The molecule has 22 heavy (non-hydrogen) atoms. The SMILES string of the molecule is NC(=O)[C@H]1CCO[C@@H]1C1CCN(CCOCC(F)(F)F)CC1. The topological polar surface area (TPSA) is 64.8 Å². The second-order valence-corrected chi connectivity index (χ2v) is 5.98. The number of nitrogens with zero attached hydrogens (tertiary/aromatic N) is 1. The second-order valence-electron chi connectivity index (χ2n) is 5.98. The van der Waals surface area contributed by atoms with Crippen molar-refractivity contribution in [3.05, 3.63) is 0 Å². The van der Waals surface area contributed by atoms with Gasteiger partial charge in [0, 0.05) is 13.2 Å². The fraction of sp³-hybridized carbons (Fsp3) is 0.929. The van der Waals surface area contributed by atoms with Gasteiger partial charge in [0.25, 0.3) is 0 Å². The molecule has 2 saturated heterocycles. The van der Waals surface area contributed by atoms with E-state index in [1.165, 1.54) is 0 Å². The second kappa shape index (κ2) is 7.61. The largest absolute Gasteiger partial charge is 0.411 e. The van der Waals surface area contributed by atoms with E-state index < -0.39 is 12.8 Å². The van der Waals surface area contributed by atoms with Gasteiger partial charge in [-0.1, -0.05) is 0 Å². The van der Waals surface area contributed by atoms with E-state index in [4.69, 9.17) is 10.5 Å². The molecule has 0 spiro atoms. The van der Waals surface area contributed by atoms with Crippen LogP contribution in [0, 0.1) is 11.8 Å². The number of rotatable bonds is 6. The summed E-state index contributed by atoms with van der Waals surface area (Å²) in [5.74, 6) is -0.204. The molecule has 0 saturated carbocycles. The lowest BCUT2D eigenvalue weighted by molar-refractivity contribution is -0.174. The zero-order valence-electron chi connectivity index (χ0n) is 12.5. The van der Waals surface area contributed by atoms with Crippen LogP contribution in [0.25, 0.3) is 0 Å². The lowest BCUT2D eigenvalue weighted by Crippen LogP contribution is -2.43. The van der Waals surface area contributed by atoms with Crippen molar-refractivity contribution >= 4 is 5.91 Å². The van der Waals surface area contributed by atoms with Gasteiger partial charge in [0.1, 0.15) is 6.61 Å². The Hall–Kier alpha value is -0.860. The van der Waals surface area contributed by atoms with Crippen LogP contribution in [-0.4, -0.2) is 62.5 Å². The quantitative estimate of drug-likeness (QED) is 0.745. The molecule has 2 atom stereocenters. The predicted molar refractivity (Wildman–Crippen MR) is 73.1 cm³/mol. The van der Waals surface area contributed by atoms with Crippen molar-refractivity contribution < 1.29 is 27.4 Å². The first-order valence-corrected chi connectivity index (χ1v) is 7.64. The number of hydrogen-bond donors (Lipinski definition) is 1. The van der Waals surface area contributed by atoms with Gasteiger partial charge >= 0.3 is 6.18 Å². The van der Waals surface area contributed by atoms with Crippen molar-refractivity contribution in [3.8, 4) is 0 Å². The summed E-state index contributed by atoms with van der Waals surface area (Å²) in [6.07, 6.45) is -1.94. The molecule has 0 radical (unpaired) electrons. The number of carbonyl (C=O) groups excluding carboxylic acids is 1. The first-order chi connectivity index (χ1) is 10.4. The summed E-state index contributed by atoms with van der Waals surface area (Å²) in [5.41, 5.74) is 5.40. The van der Waals surface area contributed by atoms with Gasteiger partial charge in [-0.2, -0.15) is 13.2 Å². The molecule has 0 bridgehead atoms. The number of hydrogen-bond acceptors (Lipinski definition) is 4. The zero-order valence-corrected chi connectivity index (χ0v) is 12.5. The van der Waals surface area contributed by atoms with Crippen LogP contribution in [-0.2, 0) is 14.3 Å². The molecule has 0 aromatic heterocycles. The van der Waals surface area contributed by atoms with E-state index in [1.54, 1.807) is 0 Å². The van der Waals surface area contributed by atoms with Crippen LogP contribution >= 0.6 is 0 Å². The van der Waals surface area contributed by atoms with Crippen LogP contribution in [0.3, 0.4) is 0 Å². The molecule has 8 heteroatoms. The Morgan fingerprint density at radius 2 is 1.95 bits per heavy atom. The molecular formula is C14H23F3N2O3. The molecule has 2 aliphatic rings. The lowest BCUT2D eigenvalue weighted by atomic mass is 9.84. The van der Waals surface area contributed by atoms with Gasteiger partial charge in [-0.25, -0.2) is 0 Å². The van der Waals surface area contributed by atoms with Crippen molar-refractivity contribution in [1.82, 2.24) is 4.90 Å². The molecule has 0 aliphatic carbocycles. The third-order valence-corrected chi connectivity index (χ3v) is 4.42. The molecule has 2 fully saturated rings. The van der Waals surface area contributed by atoms with E-state index in [1.807, 2.05) is 0 Å². The first-order valence-electron chi connectivity index (χ1n) is 7.64. The molecule has 2 rings (SSSR count). The van der Waals surface area contributed by atoms with Gasteiger partial charge in [-0.15, -0.1) is 0 Å². The minimum atomic E-state index is -4.27. The number of amides is 1. The number of ether oxygens (including phenoxy) is 2.